The molecule has 2 N–H and O–H groups in total. The van der Waals surface area contributed by atoms with Crippen LogP contribution in [0.2, 0.25) is 0 Å². The van der Waals surface area contributed by atoms with Gasteiger partial charge < -0.3 is 15.2 Å². The average Bonchev–Trinajstić information content (AvgIpc) is 2.81. The van der Waals surface area contributed by atoms with Gasteiger partial charge in [-0.25, -0.2) is 0 Å². The highest BCUT2D eigenvalue weighted by Crippen LogP contribution is 2.36. The molecule has 1 aliphatic heterocycles. The monoisotopic (exact) mass is 273 g/mol. The fourth-order valence-corrected chi connectivity index (χ4v) is 2.69. The number of rotatable bonds is 3. The topological polar surface area (TPSA) is 41.5 Å². The molecule has 1 unspecified atom stereocenters. The summed E-state index contributed by atoms with van der Waals surface area (Å²) in [6, 6.07) is 13.7. The quantitative estimate of drug-likeness (QED) is 0.837. The lowest BCUT2D eigenvalue weighted by Crippen LogP contribution is -2.11. The van der Waals surface area contributed by atoms with Gasteiger partial charge in [-0.1, -0.05) is 6.07 Å². The Hall–Kier alpha value is -1.81. The van der Waals surface area contributed by atoms with E-state index in [1.165, 1.54) is 4.90 Å². The molecule has 3 nitrogen and oxygen atoms in total. The molecule has 0 bridgehead atoms. The second-order valence-electron chi connectivity index (χ2n) is 4.46. The van der Waals surface area contributed by atoms with Crippen LogP contribution in [0.4, 0.5) is 5.69 Å². The molecular formula is C15H15NO2S. The molecular weight excluding hydrogens is 258 g/mol. The van der Waals surface area contributed by atoms with Crippen molar-refractivity contribution in [2.45, 2.75) is 10.9 Å². The van der Waals surface area contributed by atoms with Crippen LogP contribution in [0.15, 0.2) is 47.4 Å². The summed E-state index contributed by atoms with van der Waals surface area (Å²) in [7, 11) is 0. The van der Waals surface area contributed by atoms with Gasteiger partial charge in [-0.2, -0.15) is 0 Å². The largest absolute Gasteiger partial charge is 0.508 e. The number of fused-ring (bicyclic) bond motifs is 1. The summed E-state index contributed by atoms with van der Waals surface area (Å²) in [6.45, 7) is 0.586. The minimum Gasteiger partial charge on any atom is -0.508 e. The molecule has 3 rings (SSSR count). The van der Waals surface area contributed by atoms with Crippen LogP contribution in [-0.2, 0) is 0 Å². The summed E-state index contributed by atoms with van der Waals surface area (Å²) >= 11 is 1.72. The van der Waals surface area contributed by atoms with Gasteiger partial charge in [0.2, 0.25) is 0 Å². The van der Waals surface area contributed by atoms with Gasteiger partial charge >= 0.3 is 0 Å². The molecule has 0 radical (unpaired) electrons. The van der Waals surface area contributed by atoms with Crippen molar-refractivity contribution in [3.63, 3.8) is 0 Å². The number of nitrogens with one attached hydrogen (secondary N) is 1. The van der Waals surface area contributed by atoms with Crippen LogP contribution in [0, 0.1) is 0 Å². The number of benzene rings is 2. The van der Waals surface area contributed by atoms with Crippen molar-refractivity contribution in [2.75, 3.05) is 18.2 Å². The molecule has 0 aliphatic carbocycles. The Morgan fingerprint density at radius 3 is 3.00 bits per heavy atom. The van der Waals surface area contributed by atoms with Crippen LogP contribution in [0.1, 0.15) is 11.6 Å². The Morgan fingerprint density at radius 1 is 1.26 bits per heavy atom. The van der Waals surface area contributed by atoms with Crippen molar-refractivity contribution in [3.05, 3.63) is 48.0 Å². The minimum atomic E-state index is 0.132. The molecule has 0 saturated carbocycles. The SMILES string of the molecule is CSc1cccc(NC2COc3cc(O)ccc32)c1. The lowest BCUT2D eigenvalue weighted by Gasteiger charge is -2.13. The molecule has 0 aromatic heterocycles. The second-order valence-corrected chi connectivity index (χ2v) is 5.34. The highest BCUT2D eigenvalue weighted by Gasteiger charge is 2.24. The number of aromatic hydroxyl groups is 1. The van der Waals surface area contributed by atoms with Gasteiger partial charge in [0.25, 0.3) is 0 Å². The van der Waals surface area contributed by atoms with E-state index in [0.29, 0.717) is 6.61 Å². The Kier molecular flexibility index (Phi) is 3.25. The van der Waals surface area contributed by atoms with E-state index in [1.807, 2.05) is 12.1 Å². The van der Waals surface area contributed by atoms with Crippen LogP contribution in [0.3, 0.4) is 0 Å². The van der Waals surface area contributed by atoms with Crippen molar-refractivity contribution >= 4 is 17.4 Å². The first-order chi connectivity index (χ1) is 9.26. The summed E-state index contributed by atoms with van der Waals surface area (Å²) in [5, 5.41) is 12.9. The summed E-state index contributed by atoms with van der Waals surface area (Å²) in [6.07, 6.45) is 2.07. The number of phenolic OH excluding ortho intramolecular Hbond substituents is 1. The lowest BCUT2D eigenvalue weighted by molar-refractivity contribution is 0.338. The zero-order chi connectivity index (χ0) is 13.2. The summed E-state index contributed by atoms with van der Waals surface area (Å²) < 4.78 is 5.59. The van der Waals surface area contributed by atoms with Crippen molar-refractivity contribution in [3.8, 4) is 11.5 Å². The van der Waals surface area contributed by atoms with Gasteiger partial charge in [-0.3, -0.25) is 0 Å². The third-order valence-electron chi connectivity index (χ3n) is 3.19. The maximum atomic E-state index is 9.44. The minimum absolute atomic E-state index is 0.132. The molecule has 0 spiro atoms. The van der Waals surface area contributed by atoms with E-state index in [2.05, 4.69) is 29.8 Å². The number of hydrogen-bond acceptors (Lipinski definition) is 4. The second kappa shape index (κ2) is 5.05. The summed E-state index contributed by atoms with van der Waals surface area (Å²) in [5.74, 6) is 1.00. The van der Waals surface area contributed by atoms with E-state index in [0.717, 1.165) is 17.0 Å². The molecule has 1 aliphatic rings. The maximum absolute atomic E-state index is 9.44. The lowest BCUT2D eigenvalue weighted by atomic mass is 10.1. The molecule has 0 saturated heterocycles. The predicted molar refractivity (Wildman–Crippen MR) is 78.2 cm³/mol. The molecule has 19 heavy (non-hydrogen) atoms. The molecule has 2 aromatic rings. The van der Waals surface area contributed by atoms with E-state index in [4.69, 9.17) is 4.74 Å². The molecule has 0 amide bonds. The number of phenols is 1. The number of thioether (sulfide) groups is 1. The highest BCUT2D eigenvalue weighted by molar-refractivity contribution is 7.98. The van der Waals surface area contributed by atoms with Crippen molar-refractivity contribution in [1.82, 2.24) is 0 Å². The highest BCUT2D eigenvalue weighted by atomic mass is 32.2. The zero-order valence-electron chi connectivity index (χ0n) is 10.6. The summed E-state index contributed by atoms with van der Waals surface area (Å²) in [5.41, 5.74) is 2.17. The summed E-state index contributed by atoms with van der Waals surface area (Å²) in [4.78, 5) is 1.23. The predicted octanol–water partition coefficient (Wildman–Crippen LogP) is 3.66. The Bertz CT molecular complexity index is 600. The normalized spacial score (nSPS) is 16.8. The number of hydrogen-bond donors (Lipinski definition) is 2. The van der Waals surface area contributed by atoms with Crippen molar-refractivity contribution < 1.29 is 9.84 Å². The van der Waals surface area contributed by atoms with E-state index in [-0.39, 0.29) is 11.8 Å². The Morgan fingerprint density at radius 2 is 2.16 bits per heavy atom. The van der Waals surface area contributed by atoms with E-state index >= 15 is 0 Å². The maximum Gasteiger partial charge on any atom is 0.128 e. The van der Waals surface area contributed by atoms with Gasteiger partial charge in [0, 0.05) is 22.2 Å². The van der Waals surface area contributed by atoms with Gasteiger partial charge in [0.15, 0.2) is 0 Å². The van der Waals surface area contributed by atoms with Gasteiger partial charge in [0.1, 0.15) is 18.1 Å². The molecule has 4 heteroatoms. The molecule has 2 aromatic carbocycles. The van der Waals surface area contributed by atoms with Gasteiger partial charge in [-0.15, -0.1) is 11.8 Å². The molecule has 1 atom stereocenters. The standard InChI is InChI=1S/C15H15NO2S/c1-19-12-4-2-3-10(7-12)16-14-9-18-15-8-11(17)5-6-13(14)15/h2-8,14,16-17H,9H2,1H3. The smallest absolute Gasteiger partial charge is 0.128 e. The fraction of sp³-hybridized carbons (Fsp3) is 0.200. The first-order valence-corrected chi connectivity index (χ1v) is 7.35. The Balaban J connectivity index is 1.82. The third-order valence-corrected chi connectivity index (χ3v) is 3.91. The van der Waals surface area contributed by atoms with Crippen LogP contribution < -0.4 is 10.1 Å². The van der Waals surface area contributed by atoms with E-state index in [9.17, 15) is 5.11 Å². The molecule has 0 fully saturated rings. The van der Waals surface area contributed by atoms with Gasteiger partial charge in [-0.05, 0) is 36.6 Å². The Labute approximate surface area is 116 Å². The molecule has 1 heterocycles. The van der Waals surface area contributed by atoms with Crippen LogP contribution in [0.25, 0.3) is 0 Å². The van der Waals surface area contributed by atoms with Crippen LogP contribution >= 0.6 is 11.8 Å². The number of anilines is 1. The first-order valence-electron chi connectivity index (χ1n) is 6.12. The van der Waals surface area contributed by atoms with Crippen LogP contribution in [-0.4, -0.2) is 18.0 Å². The third kappa shape index (κ3) is 2.49. The first kappa shape index (κ1) is 12.2. The van der Waals surface area contributed by atoms with E-state index in [1.54, 1.807) is 23.9 Å². The van der Waals surface area contributed by atoms with E-state index < -0.39 is 0 Å². The van der Waals surface area contributed by atoms with Crippen molar-refractivity contribution in [1.29, 1.82) is 0 Å². The van der Waals surface area contributed by atoms with Crippen molar-refractivity contribution in [2.24, 2.45) is 0 Å². The zero-order valence-corrected chi connectivity index (χ0v) is 11.4. The molecule has 98 valence electrons. The van der Waals surface area contributed by atoms with Gasteiger partial charge in [0.05, 0.1) is 6.04 Å². The number of ether oxygens (including phenoxy) is 1. The fourth-order valence-electron chi connectivity index (χ4n) is 2.23. The van der Waals surface area contributed by atoms with Crippen LogP contribution in [0.5, 0.6) is 11.5 Å². The average molecular weight is 273 g/mol.